The number of carbonyl (C=O) groups excluding carboxylic acids is 1. The molecule has 2 rings (SSSR count). The van der Waals surface area contributed by atoms with E-state index in [-0.39, 0.29) is 5.91 Å². The number of hydrogen-bond donors (Lipinski definition) is 2. The number of likely N-dealkylation sites (tertiary alicyclic amines) is 1. The fourth-order valence-corrected chi connectivity index (χ4v) is 2.56. The third kappa shape index (κ3) is 3.32. The van der Waals surface area contributed by atoms with Gasteiger partial charge in [-0.25, -0.2) is 4.98 Å². The monoisotopic (exact) mass is 265 g/mol. The van der Waals surface area contributed by atoms with Crippen LogP contribution in [0.4, 0.5) is 0 Å². The van der Waals surface area contributed by atoms with Gasteiger partial charge in [-0.05, 0) is 39.3 Å². The van der Waals surface area contributed by atoms with Crippen molar-refractivity contribution in [3.8, 4) is 0 Å². The predicted molar refractivity (Wildman–Crippen MR) is 73.0 cm³/mol. The van der Waals surface area contributed by atoms with Crippen molar-refractivity contribution in [1.29, 1.82) is 0 Å². The summed E-state index contributed by atoms with van der Waals surface area (Å²) in [5.41, 5.74) is 0. The van der Waals surface area contributed by atoms with Crippen molar-refractivity contribution >= 4 is 5.91 Å². The second-order valence-electron chi connectivity index (χ2n) is 5.00. The summed E-state index contributed by atoms with van der Waals surface area (Å²) in [6, 6.07) is 0.317. The molecule has 19 heavy (non-hydrogen) atoms. The Morgan fingerprint density at radius 2 is 2.37 bits per heavy atom. The van der Waals surface area contributed by atoms with Crippen LogP contribution in [0.5, 0.6) is 0 Å². The van der Waals surface area contributed by atoms with Gasteiger partial charge < -0.3 is 10.2 Å². The van der Waals surface area contributed by atoms with Crippen LogP contribution in [0.3, 0.4) is 0 Å². The van der Waals surface area contributed by atoms with E-state index in [0.717, 1.165) is 44.6 Å². The lowest BCUT2D eigenvalue weighted by Gasteiger charge is -2.35. The number of H-pyrrole nitrogens is 1. The molecule has 0 aromatic carbocycles. The summed E-state index contributed by atoms with van der Waals surface area (Å²) in [6.07, 6.45) is 5.12. The van der Waals surface area contributed by atoms with Crippen LogP contribution >= 0.6 is 0 Å². The Kier molecular flexibility index (Phi) is 4.90. The lowest BCUT2D eigenvalue weighted by molar-refractivity contribution is 0.0590. The number of hydrogen-bond acceptors (Lipinski definition) is 4. The summed E-state index contributed by atoms with van der Waals surface area (Å²) in [7, 11) is 1.94. The van der Waals surface area contributed by atoms with Crippen molar-refractivity contribution < 1.29 is 4.79 Å². The first-order chi connectivity index (χ1) is 9.26. The molecule has 1 atom stereocenters. The van der Waals surface area contributed by atoms with Gasteiger partial charge in [0.05, 0.1) is 0 Å². The Hall–Kier alpha value is -1.43. The summed E-state index contributed by atoms with van der Waals surface area (Å²) in [5.74, 6) is 1.05. The number of piperidine rings is 1. The van der Waals surface area contributed by atoms with E-state index in [1.165, 1.54) is 6.42 Å². The summed E-state index contributed by atoms with van der Waals surface area (Å²) in [6.45, 7) is 3.75. The Labute approximate surface area is 114 Å². The van der Waals surface area contributed by atoms with Crippen LogP contribution in [0.2, 0.25) is 0 Å². The van der Waals surface area contributed by atoms with Gasteiger partial charge in [-0.1, -0.05) is 6.92 Å². The largest absolute Gasteiger partial charge is 0.333 e. The number of nitrogens with zero attached hydrogens (tertiary/aromatic N) is 3. The van der Waals surface area contributed by atoms with Gasteiger partial charge >= 0.3 is 0 Å². The van der Waals surface area contributed by atoms with E-state index < -0.39 is 0 Å². The Morgan fingerprint density at radius 3 is 3.05 bits per heavy atom. The highest BCUT2D eigenvalue weighted by Crippen LogP contribution is 2.20. The molecule has 6 nitrogen and oxygen atoms in total. The number of amides is 1. The summed E-state index contributed by atoms with van der Waals surface area (Å²) in [4.78, 5) is 18.7. The SMILES string of the molecule is CCc1nc(C(=O)N2CCCCC2CCNC)n[nH]1. The molecule has 0 aliphatic carbocycles. The molecule has 1 unspecified atom stereocenters. The summed E-state index contributed by atoms with van der Waals surface area (Å²) in [5, 5.41) is 10.00. The first kappa shape index (κ1) is 14.0. The van der Waals surface area contributed by atoms with Crippen molar-refractivity contribution in [1.82, 2.24) is 25.4 Å². The second-order valence-corrected chi connectivity index (χ2v) is 5.00. The molecule has 1 aliphatic heterocycles. The smallest absolute Gasteiger partial charge is 0.293 e. The maximum atomic E-state index is 12.5. The van der Waals surface area contributed by atoms with Gasteiger partial charge in [-0.2, -0.15) is 0 Å². The molecule has 2 heterocycles. The molecule has 1 aliphatic rings. The number of carbonyl (C=O) groups is 1. The van der Waals surface area contributed by atoms with E-state index >= 15 is 0 Å². The quantitative estimate of drug-likeness (QED) is 0.832. The third-order valence-corrected chi connectivity index (χ3v) is 3.67. The topological polar surface area (TPSA) is 73.9 Å². The van der Waals surface area contributed by atoms with Gasteiger partial charge in [0.1, 0.15) is 5.82 Å². The number of nitrogens with one attached hydrogen (secondary N) is 2. The second kappa shape index (κ2) is 6.65. The van der Waals surface area contributed by atoms with Crippen LogP contribution in [0.1, 0.15) is 49.1 Å². The lowest BCUT2D eigenvalue weighted by Crippen LogP contribution is -2.45. The predicted octanol–water partition coefficient (Wildman–Crippen LogP) is 0.971. The molecule has 1 aromatic heterocycles. The van der Waals surface area contributed by atoms with Crippen LogP contribution in [-0.4, -0.2) is 52.2 Å². The van der Waals surface area contributed by atoms with Gasteiger partial charge in [-0.3, -0.25) is 9.89 Å². The maximum Gasteiger partial charge on any atom is 0.293 e. The summed E-state index contributed by atoms with van der Waals surface area (Å²) >= 11 is 0. The van der Waals surface area contributed by atoms with Crippen molar-refractivity contribution in [2.45, 2.75) is 45.1 Å². The highest BCUT2D eigenvalue weighted by molar-refractivity contribution is 5.90. The molecular weight excluding hydrogens is 242 g/mol. The van der Waals surface area contributed by atoms with Crippen molar-refractivity contribution in [2.75, 3.05) is 20.1 Å². The standard InChI is InChI=1S/C13H23N5O/c1-3-11-15-12(17-16-11)13(19)18-9-5-4-6-10(18)7-8-14-2/h10,14H,3-9H2,1-2H3,(H,15,16,17). The molecule has 1 fully saturated rings. The van der Waals surface area contributed by atoms with Gasteiger partial charge in [0.2, 0.25) is 5.82 Å². The Balaban J connectivity index is 2.06. The van der Waals surface area contributed by atoms with E-state index in [4.69, 9.17) is 0 Å². The fourth-order valence-electron chi connectivity index (χ4n) is 2.56. The molecule has 0 radical (unpaired) electrons. The number of aryl methyl sites for hydroxylation is 1. The molecule has 0 spiro atoms. The minimum atomic E-state index is -0.0308. The number of aromatic nitrogens is 3. The van der Waals surface area contributed by atoms with Crippen LogP contribution in [0.25, 0.3) is 0 Å². The number of aromatic amines is 1. The molecule has 1 saturated heterocycles. The Morgan fingerprint density at radius 1 is 1.53 bits per heavy atom. The fraction of sp³-hybridized carbons (Fsp3) is 0.769. The molecule has 1 amide bonds. The average molecular weight is 265 g/mol. The van der Waals surface area contributed by atoms with Crippen LogP contribution in [-0.2, 0) is 6.42 Å². The zero-order valence-electron chi connectivity index (χ0n) is 11.8. The van der Waals surface area contributed by atoms with E-state index in [1.54, 1.807) is 0 Å². The molecule has 0 bridgehead atoms. The van der Waals surface area contributed by atoms with Gasteiger partial charge in [-0.15, -0.1) is 5.10 Å². The first-order valence-corrected chi connectivity index (χ1v) is 7.13. The zero-order chi connectivity index (χ0) is 13.7. The normalized spacial score (nSPS) is 19.7. The minimum absolute atomic E-state index is 0.0308. The summed E-state index contributed by atoms with van der Waals surface area (Å²) < 4.78 is 0. The molecule has 106 valence electrons. The van der Waals surface area contributed by atoms with Crippen molar-refractivity contribution in [3.05, 3.63) is 11.6 Å². The molecule has 2 N–H and O–H groups in total. The van der Waals surface area contributed by atoms with E-state index in [9.17, 15) is 4.79 Å². The molecule has 1 aromatic rings. The van der Waals surface area contributed by atoms with E-state index in [2.05, 4.69) is 20.5 Å². The minimum Gasteiger partial charge on any atom is -0.333 e. The van der Waals surface area contributed by atoms with Crippen LogP contribution in [0.15, 0.2) is 0 Å². The van der Waals surface area contributed by atoms with Gasteiger partial charge in [0.15, 0.2) is 0 Å². The van der Waals surface area contributed by atoms with Crippen LogP contribution in [0, 0.1) is 0 Å². The number of rotatable bonds is 5. The van der Waals surface area contributed by atoms with Gasteiger partial charge in [0, 0.05) is 19.0 Å². The molecule has 0 saturated carbocycles. The van der Waals surface area contributed by atoms with E-state index in [0.29, 0.717) is 11.9 Å². The van der Waals surface area contributed by atoms with Crippen LogP contribution < -0.4 is 5.32 Å². The highest BCUT2D eigenvalue weighted by atomic mass is 16.2. The molecular formula is C13H23N5O. The third-order valence-electron chi connectivity index (χ3n) is 3.67. The maximum absolute atomic E-state index is 12.5. The lowest BCUT2D eigenvalue weighted by atomic mass is 9.99. The van der Waals surface area contributed by atoms with Crippen molar-refractivity contribution in [3.63, 3.8) is 0 Å². The van der Waals surface area contributed by atoms with E-state index in [1.807, 2.05) is 18.9 Å². The Bertz CT molecular complexity index is 417. The average Bonchev–Trinajstić information content (AvgIpc) is 2.93. The highest BCUT2D eigenvalue weighted by Gasteiger charge is 2.29. The van der Waals surface area contributed by atoms with Crippen molar-refractivity contribution in [2.24, 2.45) is 0 Å². The zero-order valence-corrected chi connectivity index (χ0v) is 11.8. The molecule has 6 heteroatoms. The van der Waals surface area contributed by atoms with Gasteiger partial charge in [0.25, 0.3) is 5.91 Å². The first-order valence-electron chi connectivity index (χ1n) is 7.13.